The molecule has 0 aliphatic carbocycles. The number of aromatic nitrogens is 3. The van der Waals surface area contributed by atoms with Crippen LogP contribution >= 0.6 is 0 Å². The first-order valence-electron chi connectivity index (χ1n) is 8.40. The van der Waals surface area contributed by atoms with Crippen LogP contribution in [0.1, 0.15) is 5.56 Å². The van der Waals surface area contributed by atoms with Crippen molar-refractivity contribution >= 4 is 22.8 Å². The van der Waals surface area contributed by atoms with Crippen molar-refractivity contribution in [1.29, 1.82) is 0 Å². The SMILES string of the molecule is c1ccc(Nc2nc(-c3cccc4c3CCN4)cn3ccnc23)cc1. The highest BCUT2D eigenvalue weighted by Gasteiger charge is 2.17. The van der Waals surface area contributed by atoms with Crippen molar-refractivity contribution in [3.8, 4) is 11.3 Å². The molecule has 0 saturated carbocycles. The fourth-order valence-electron chi connectivity index (χ4n) is 3.39. The summed E-state index contributed by atoms with van der Waals surface area (Å²) in [6, 6.07) is 16.4. The molecule has 122 valence electrons. The van der Waals surface area contributed by atoms with E-state index in [-0.39, 0.29) is 0 Å². The van der Waals surface area contributed by atoms with Gasteiger partial charge < -0.3 is 15.0 Å². The molecule has 5 rings (SSSR count). The zero-order valence-electron chi connectivity index (χ0n) is 13.6. The van der Waals surface area contributed by atoms with E-state index in [9.17, 15) is 0 Å². The van der Waals surface area contributed by atoms with Crippen LogP contribution in [0.5, 0.6) is 0 Å². The van der Waals surface area contributed by atoms with E-state index in [1.807, 2.05) is 47.1 Å². The van der Waals surface area contributed by atoms with Gasteiger partial charge in [-0.1, -0.05) is 30.3 Å². The summed E-state index contributed by atoms with van der Waals surface area (Å²) in [6.45, 7) is 0.981. The van der Waals surface area contributed by atoms with Crippen LogP contribution < -0.4 is 10.6 Å². The second kappa shape index (κ2) is 5.63. The lowest BCUT2D eigenvalue weighted by atomic mass is 10.0. The van der Waals surface area contributed by atoms with Crippen molar-refractivity contribution in [3.05, 3.63) is 72.7 Å². The normalized spacial score (nSPS) is 12.8. The van der Waals surface area contributed by atoms with Crippen molar-refractivity contribution in [2.45, 2.75) is 6.42 Å². The van der Waals surface area contributed by atoms with Crippen LogP contribution in [0.15, 0.2) is 67.1 Å². The van der Waals surface area contributed by atoms with Gasteiger partial charge in [-0.25, -0.2) is 9.97 Å². The molecule has 2 aromatic heterocycles. The zero-order chi connectivity index (χ0) is 16.6. The fraction of sp³-hybridized carbons (Fsp3) is 0.100. The summed E-state index contributed by atoms with van der Waals surface area (Å²) in [4.78, 5) is 9.34. The summed E-state index contributed by atoms with van der Waals surface area (Å²) in [6.07, 6.45) is 6.83. The Hall–Kier alpha value is -3.34. The first-order valence-corrected chi connectivity index (χ1v) is 8.40. The summed E-state index contributed by atoms with van der Waals surface area (Å²) < 4.78 is 2.02. The molecular formula is C20H17N5. The lowest BCUT2D eigenvalue weighted by molar-refractivity contribution is 1.09. The number of rotatable bonds is 3. The van der Waals surface area contributed by atoms with E-state index in [1.165, 1.54) is 16.8 Å². The standard InChI is InChI=1S/C20H17N5/c1-2-5-14(6-3-1)23-19-20-22-11-12-25(20)13-18(24-19)15-7-4-8-17-16(15)9-10-21-17/h1-8,11-13,21H,9-10H2,(H,23,24). The highest BCUT2D eigenvalue weighted by atomic mass is 15.1. The molecule has 2 aromatic carbocycles. The van der Waals surface area contributed by atoms with Crippen LogP contribution in [0, 0.1) is 0 Å². The Morgan fingerprint density at radius 1 is 1.04 bits per heavy atom. The first kappa shape index (κ1) is 14.0. The van der Waals surface area contributed by atoms with Gasteiger partial charge in [0, 0.05) is 42.1 Å². The molecule has 3 heterocycles. The summed E-state index contributed by atoms with van der Waals surface area (Å²) in [5.74, 6) is 0.761. The first-order chi connectivity index (χ1) is 12.4. The van der Waals surface area contributed by atoms with Crippen LogP contribution in [-0.2, 0) is 6.42 Å². The molecule has 0 fully saturated rings. The molecule has 2 N–H and O–H groups in total. The fourth-order valence-corrected chi connectivity index (χ4v) is 3.39. The van der Waals surface area contributed by atoms with Crippen molar-refractivity contribution in [2.24, 2.45) is 0 Å². The highest BCUT2D eigenvalue weighted by molar-refractivity contribution is 5.78. The van der Waals surface area contributed by atoms with Gasteiger partial charge in [0.25, 0.3) is 0 Å². The number of fused-ring (bicyclic) bond motifs is 2. The van der Waals surface area contributed by atoms with E-state index in [2.05, 4.69) is 33.8 Å². The predicted octanol–water partition coefficient (Wildman–Crippen LogP) is 4.11. The van der Waals surface area contributed by atoms with E-state index in [1.54, 1.807) is 6.20 Å². The Kier molecular flexibility index (Phi) is 3.16. The molecule has 0 saturated heterocycles. The Labute approximate surface area is 145 Å². The summed E-state index contributed by atoms with van der Waals surface area (Å²) in [7, 11) is 0. The molecule has 1 aliphatic heterocycles. The molecular weight excluding hydrogens is 310 g/mol. The molecule has 5 heteroatoms. The maximum absolute atomic E-state index is 4.89. The van der Waals surface area contributed by atoms with Crippen molar-refractivity contribution in [1.82, 2.24) is 14.4 Å². The largest absolute Gasteiger partial charge is 0.384 e. The van der Waals surface area contributed by atoms with Crippen LogP contribution in [0.2, 0.25) is 0 Å². The molecule has 25 heavy (non-hydrogen) atoms. The van der Waals surface area contributed by atoms with E-state index in [0.29, 0.717) is 0 Å². The summed E-state index contributed by atoms with van der Waals surface area (Å²) in [5.41, 5.74) is 6.48. The minimum absolute atomic E-state index is 0.761. The number of nitrogens with zero attached hydrogens (tertiary/aromatic N) is 3. The van der Waals surface area contributed by atoms with Crippen molar-refractivity contribution in [2.75, 3.05) is 17.2 Å². The van der Waals surface area contributed by atoms with E-state index in [0.717, 1.165) is 35.8 Å². The topological polar surface area (TPSA) is 54.2 Å². The number of hydrogen-bond acceptors (Lipinski definition) is 4. The maximum atomic E-state index is 4.89. The lowest BCUT2D eigenvalue weighted by Gasteiger charge is -2.12. The zero-order valence-corrected chi connectivity index (χ0v) is 13.6. The van der Waals surface area contributed by atoms with Gasteiger partial charge in [0.2, 0.25) is 0 Å². The van der Waals surface area contributed by atoms with Crippen molar-refractivity contribution in [3.63, 3.8) is 0 Å². The second-order valence-electron chi connectivity index (χ2n) is 6.13. The molecule has 0 radical (unpaired) electrons. The predicted molar refractivity (Wildman–Crippen MR) is 100 cm³/mol. The number of imidazole rings is 1. The molecule has 0 amide bonds. The minimum Gasteiger partial charge on any atom is -0.384 e. The van der Waals surface area contributed by atoms with Gasteiger partial charge in [-0.2, -0.15) is 0 Å². The average molecular weight is 327 g/mol. The number of hydrogen-bond donors (Lipinski definition) is 2. The van der Waals surface area contributed by atoms with Crippen molar-refractivity contribution < 1.29 is 0 Å². The third kappa shape index (κ3) is 2.41. The minimum atomic E-state index is 0.761. The van der Waals surface area contributed by atoms with Gasteiger partial charge in [0.05, 0.1) is 5.69 Å². The molecule has 0 bridgehead atoms. The Morgan fingerprint density at radius 3 is 2.88 bits per heavy atom. The summed E-state index contributed by atoms with van der Waals surface area (Å²) in [5, 5.41) is 6.84. The smallest absolute Gasteiger partial charge is 0.180 e. The highest BCUT2D eigenvalue weighted by Crippen LogP contribution is 2.33. The monoisotopic (exact) mass is 327 g/mol. The second-order valence-corrected chi connectivity index (χ2v) is 6.13. The quantitative estimate of drug-likeness (QED) is 0.595. The lowest BCUT2D eigenvalue weighted by Crippen LogP contribution is -2.01. The third-order valence-corrected chi connectivity index (χ3v) is 4.55. The van der Waals surface area contributed by atoms with Gasteiger partial charge in [-0.15, -0.1) is 0 Å². The Balaban J connectivity index is 1.67. The van der Waals surface area contributed by atoms with Crippen LogP contribution in [0.4, 0.5) is 17.2 Å². The molecule has 5 nitrogen and oxygen atoms in total. The number of anilines is 3. The third-order valence-electron chi connectivity index (χ3n) is 4.55. The average Bonchev–Trinajstić information content (AvgIpc) is 3.31. The molecule has 1 aliphatic rings. The van der Waals surface area contributed by atoms with Crippen LogP contribution in [0.25, 0.3) is 16.9 Å². The van der Waals surface area contributed by atoms with Gasteiger partial charge in [0.15, 0.2) is 11.5 Å². The van der Waals surface area contributed by atoms with Crippen LogP contribution in [0.3, 0.4) is 0 Å². The van der Waals surface area contributed by atoms with Gasteiger partial charge >= 0.3 is 0 Å². The Bertz CT molecular complexity index is 1050. The Morgan fingerprint density at radius 2 is 1.96 bits per heavy atom. The molecule has 4 aromatic rings. The molecule has 0 unspecified atom stereocenters. The van der Waals surface area contributed by atoms with Gasteiger partial charge in [-0.05, 0) is 30.2 Å². The number of para-hydroxylation sites is 1. The summed E-state index contributed by atoms with van der Waals surface area (Å²) >= 11 is 0. The van der Waals surface area contributed by atoms with Gasteiger partial charge in [-0.3, -0.25) is 0 Å². The number of nitrogens with one attached hydrogen (secondary N) is 2. The molecule has 0 spiro atoms. The van der Waals surface area contributed by atoms with E-state index < -0.39 is 0 Å². The number of benzene rings is 2. The molecule has 0 atom stereocenters. The van der Waals surface area contributed by atoms with E-state index >= 15 is 0 Å². The maximum Gasteiger partial charge on any atom is 0.180 e. The van der Waals surface area contributed by atoms with Crippen LogP contribution in [-0.4, -0.2) is 20.9 Å². The van der Waals surface area contributed by atoms with E-state index in [4.69, 9.17) is 4.98 Å². The van der Waals surface area contributed by atoms with Gasteiger partial charge in [0.1, 0.15) is 0 Å².